The summed E-state index contributed by atoms with van der Waals surface area (Å²) in [7, 11) is 0. The predicted octanol–water partition coefficient (Wildman–Crippen LogP) is 2.28. The summed E-state index contributed by atoms with van der Waals surface area (Å²) in [6.45, 7) is 2.27. The molecule has 0 atom stereocenters. The van der Waals surface area contributed by atoms with Gasteiger partial charge in [-0.2, -0.15) is 10.2 Å². The molecule has 0 bridgehead atoms. The average molecular weight is 273 g/mol. The zero-order chi connectivity index (χ0) is 12.7. The molecule has 0 spiro atoms. The molecule has 2 N–H and O–H groups in total. The Morgan fingerprint density at radius 3 is 2.95 bits per heavy atom. The maximum Gasteiger partial charge on any atom is 0.146 e. The minimum Gasteiger partial charge on any atom is -0.317 e. The maximum absolute atomic E-state index is 4.63. The minimum atomic E-state index is 0.711. The second-order valence-electron chi connectivity index (χ2n) is 4.96. The standard InChI is InChI=1S/C13H15N5S/c1-3-14-4-2-9(1)12-5-10-8-18(17-13(10)19-12)11-6-15-16-7-11/h5-9,14H,1-4H2,(H,15,16). The summed E-state index contributed by atoms with van der Waals surface area (Å²) >= 11 is 1.83. The van der Waals surface area contributed by atoms with E-state index in [1.165, 1.54) is 23.1 Å². The van der Waals surface area contributed by atoms with Crippen molar-refractivity contribution in [1.82, 2.24) is 25.3 Å². The Bertz CT molecular complexity index is 644. The van der Waals surface area contributed by atoms with E-state index in [0.29, 0.717) is 5.92 Å². The van der Waals surface area contributed by atoms with Gasteiger partial charge in [0, 0.05) is 22.7 Å². The molecule has 3 aromatic heterocycles. The van der Waals surface area contributed by atoms with E-state index in [1.54, 1.807) is 6.20 Å². The normalized spacial score (nSPS) is 17.3. The van der Waals surface area contributed by atoms with Crippen molar-refractivity contribution in [3.63, 3.8) is 0 Å². The van der Waals surface area contributed by atoms with Crippen LogP contribution in [0.5, 0.6) is 0 Å². The van der Waals surface area contributed by atoms with Gasteiger partial charge in [0.15, 0.2) is 0 Å². The van der Waals surface area contributed by atoms with Gasteiger partial charge in [0.1, 0.15) is 10.5 Å². The molecule has 3 aromatic rings. The van der Waals surface area contributed by atoms with Crippen molar-refractivity contribution >= 4 is 21.6 Å². The van der Waals surface area contributed by atoms with Crippen LogP contribution in [0.15, 0.2) is 24.7 Å². The van der Waals surface area contributed by atoms with Crippen molar-refractivity contribution in [1.29, 1.82) is 0 Å². The van der Waals surface area contributed by atoms with Crippen molar-refractivity contribution in [2.75, 3.05) is 13.1 Å². The first-order chi connectivity index (χ1) is 9.40. The first kappa shape index (κ1) is 11.2. The summed E-state index contributed by atoms with van der Waals surface area (Å²) in [5.41, 5.74) is 0.979. The van der Waals surface area contributed by atoms with Gasteiger partial charge in [-0.15, -0.1) is 11.3 Å². The topological polar surface area (TPSA) is 58.5 Å². The van der Waals surface area contributed by atoms with E-state index in [1.807, 2.05) is 22.2 Å². The van der Waals surface area contributed by atoms with Gasteiger partial charge in [0.2, 0.25) is 0 Å². The van der Waals surface area contributed by atoms with E-state index in [-0.39, 0.29) is 0 Å². The highest BCUT2D eigenvalue weighted by molar-refractivity contribution is 7.18. The van der Waals surface area contributed by atoms with Gasteiger partial charge in [-0.25, -0.2) is 4.68 Å². The Morgan fingerprint density at radius 1 is 1.32 bits per heavy atom. The third-order valence-electron chi connectivity index (χ3n) is 3.71. The van der Waals surface area contributed by atoms with Gasteiger partial charge in [-0.1, -0.05) is 0 Å². The van der Waals surface area contributed by atoms with Crippen LogP contribution in [0, 0.1) is 0 Å². The number of aromatic amines is 1. The fourth-order valence-electron chi connectivity index (χ4n) is 2.65. The number of H-pyrrole nitrogens is 1. The van der Waals surface area contributed by atoms with E-state index in [2.05, 4.69) is 32.9 Å². The summed E-state index contributed by atoms with van der Waals surface area (Å²) in [6.07, 6.45) is 8.20. The molecule has 0 unspecified atom stereocenters. The van der Waals surface area contributed by atoms with Gasteiger partial charge in [0.25, 0.3) is 0 Å². The molecule has 4 heterocycles. The molecular weight excluding hydrogens is 258 g/mol. The van der Waals surface area contributed by atoms with Gasteiger partial charge < -0.3 is 5.32 Å². The number of fused-ring (bicyclic) bond motifs is 1. The number of nitrogens with one attached hydrogen (secondary N) is 2. The molecular formula is C13H15N5S. The summed E-state index contributed by atoms with van der Waals surface area (Å²) in [6, 6.07) is 2.31. The first-order valence-corrected chi connectivity index (χ1v) is 7.41. The monoisotopic (exact) mass is 273 g/mol. The number of rotatable bonds is 2. The van der Waals surface area contributed by atoms with Crippen LogP contribution >= 0.6 is 11.3 Å². The van der Waals surface area contributed by atoms with E-state index in [4.69, 9.17) is 0 Å². The van der Waals surface area contributed by atoms with Crippen LogP contribution < -0.4 is 5.32 Å². The Hall–Kier alpha value is -1.66. The Kier molecular flexibility index (Phi) is 2.63. The Labute approximate surface area is 114 Å². The van der Waals surface area contributed by atoms with Crippen LogP contribution in [0.1, 0.15) is 23.6 Å². The smallest absolute Gasteiger partial charge is 0.146 e. The molecule has 1 saturated heterocycles. The third-order valence-corrected chi connectivity index (χ3v) is 4.91. The molecule has 1 fully saturated rings. The Balaban J connectivity index is 1.67. The summed E-state index contributed by atoms with van der Waals surface area (Å²) in [5, 5.41) is 16.0. The number of hydrogen-bond donors (Lipinski definition) is 2. The number of piperidine rings is 1. The minimum absolute atomic E-state index is 0.711. The molecule has 98 valence electrons. The van der Waals surface area contributed by atoms with Crippen molar-refractivity contribution in [3.05, 3.63) is 29.5 Å². The molecule has 0 saturated carbocycles. The second-order valence-corrected chi connectivity index (χ2v) is 6.03. The highest BCUT2D eigenvalue weighted by atomic mass is 32.1. The fraction of sp³-hybridized carbons (Fsp3) is 0.385. The quantitative estimate of drug-likeness (QED) is 0.753. The van der Waals surface area contributed by atoms with Gasteiger partial charge in [0.05, 0.1) is 6.20 Å². The van der Waals surface area contributed by atoms with Gasteiger partial charge in [-0.05, 0) is 37.9 Å². The third kappa shape index (κ3) is 1.97. The molecule has 19 heavy (non-hydrogen) atoms. The van der Waals surface area contributed by atoms with E-state index in [0.717, 1.165) is 23.6 Å². The molecule has 0 radical (unpaired) electrons. The first-order valence-electron chi connectivity index (χ1n) is 6.59. The molecule has 1 aliphatic heterocycles. The van der Waals surface area contributed by atoms with Gasteiger partial charge >= 0.3 is 0 Å². The van der Waals surface area contributed by atoms with Crippen LogP contribution in [-0.4, -0.2) is 33.1 Å². The lowest BCUT2D eigenvalue weighted by molar-refractivity contribution is 0.465. The van der Waals surface area contributed by atoms with Crippen LogP contribution in [0.25, 0.3) is 15.9 Å². The van der Waals surface area contributed by atoms with E-state index < -0.39 is 0 Å². The highest BCUT2D eigenvalue weighted by Crippen LogP contribution is 2.34. The number of thiophene rings is 1. The zero-order valence-corrected chi connectivity index (χ0v) is 11.3. The van der Waals surface area contributed by atoms with Crippen molar-refractivity contribution < 1.29 is 0 Å². The Morgan fingerprint density at radius 2 is 2.21 bits per heavy atom. The van der Waals surface area contributed by atoms with Crippen molar-refractivity contribution in [3.8, 4) is 5.69 Å². The number of nitrogens with zero attached hydrogens (tertiary/aromatic N) is 3. The van der Waals surface area contributed by atoms with Crippen LogP contribution in [0.2, 0.25) is 0 Å². The SMILES string of the molecule is c1n[nH]cc1-n1cc2cc(C3CCNCC3)sc2n1. The second kappa shape index (κ2) is 4.47. The molecule has 0 aromatic carbocycles. The van der Waals surface area contributed by atoms with Crippen molar-refractivity contribution in [2.45, 2.75) is 18.8 Å². The predicted molar refractivity (Wildman–Crippen MR) is 75.9 cm³/mol. The largest absolute Gasteiger partial charge is 0.317 e. The molecule has 5 nitrogen and oxygen atoms in total. The van der Waals surface area contributed by atoms with Crippen LogP contribution in [0.3, 0.4) is 0 Å². The van der Waals surface area contributed by atoms with E-state index >= 15 is 0 Å². The molecule has 0 aliphatic carbocycles. The zero-order valence-electron chi connectivity index (χ0n) is 10.5. The average Bonchev–Trinajstić information content (AvgIpc) is 3.14. The molecule has 4 rings (SSSR count). The summed E-state index contributed by atoms with van der Waals surface area (Å²) in [5.74, 6) is 0.711. The highest BCUT2D eigenvalue weighted by Gasteiger charge is 2.18. The lowest BCUT2D eigenvalue weighted by Gasteiger charge is -2.21. The lowest BCUT2D eigenvalue weighted by atomic mass is 9.96. The van der Waals surface area contributed by atoms with E-state index in [9.17, 15) is 0 Å². The van der Waals surface area contributed by atoms with Crippen LogP contribution in [0.4, 0.5) is 0 Å². The number of hydrogen-bond acceptors (Lipinski definition) is 4. The van der Waals surface area contributed by atoms with Crippen LogP contribution in [-0.2, 0) is 0 Å². The summed E-state index contributed by atoms with van der Waals surface area (Å²) in [4.78, 5) is 2.60. The summed E-state index contributed by atoms with van der Waals surface area (Å²) < 4.78 is 1.89. The van der Waals surface area contributed by atoms with Gasteiger partial charge in [-0.3, -0.25) is 5.10 Å². The number of aromatic nitrogens is 4. The van der Waals surface area contributed by atoms with Crippen molar-refractivity contribution in [2.24, 2.45) is 0 Å². The molecule has 1 aliphatic rings. The lowest BCUT2D eigenvalue weighted by Crippen LogP contribution is -2.26. The maximum atomic E-state index is 4.63. The molecule has 0 amide bonds. The fourth-order valence-corrected chi connectivity index (χ4v) is 3.82. The molecule has 6 heteroatoms.